The Hall–Kier alpha value is -1.68. The monoisotopic (exact) mass is 448 g/mol. The predicted molar refractivity (Wildman–Crippen MR) is 104 cm³/mol. The minimum atomic E-state index is -1.45. The molecular formula is C18H18Cl2O7S. The van der Waals surface area contributed by atoms with Crippen LogP contribution in [-0.2, 0) is 9.53 Å². The summed E-state index contributed by atoms with van der Waals surface area (Å²) in [6.45, 7) is 0.236. The zero-order valence-corrected chi connectivity index (χ0v) is 17.0. The fourth-order valence-corrected chi connectivity index (χ4v) is 3.27. The van der Waals surface area contributed by atoms with Crippen LogP contribution in [0.4, 0.5) is 0 Å². The van der Waals surface area contributed by atoms with Crippen molar-refractivity contribution in [2.45, 2.75) is 25.2 Å². The molecule has 0 aliphatic carbocycles. The smallest absolute Gasteiger partial charge is 0.344 e. The van der Waals surface area contributed by atoms with E-state index < -0.39 is 37.5 Å². The lowest BCUT2D eigenvalue weighted by atomic mass is 10.1. The minimum absolute atomic E-state index is 0.00131. The number of thiophene rings is 1. The molecule has 0 radical (unpaired) electrons. The van der Waals surface area contributed by atoms with Gasteiger partial charge in [-0.2, -0.15) is 0 Å². The molecule has 152 valence electrons. The van der Waals surface area contributed by atoms with Crippen molar-refractivity contribution in [2.75, 3.05) is 13.2 Å². The summed E-state index contributed by atoms with van der Waals surface area (Å²) < 4.78 is 10.0. The number of aliphatic hydroxyl groups excluding tert-OH is 3. The van der Waals surface area contributed by atoms with Crippen molar-refractivity contribution in [1.29, 1.82) is 0 Å². The van der Waals surface area contributed by atoms with Gasteiger partial charge < -0.3 is 24.8 Å². The summed E-state index contributed by atoms with van der Waals surface area (Å²) in [6.07, 6.45) is -4.07. The van der Waals surface area contributed by atoms with Gasteiger partial charge in [0.05, 0.1) is 16.0 Å². The molecule has 7 nitrogen and oxygen atoms in total. The summed E-state index contributed by atoms with van der Waals surface area (Å²) in [4.78, 5) is 24.6. The van der Waals surface area contributed by atoms with E-state index in [1.165, 1.54) is 30.4 Å². The van der Waals surface area contributed by atoms with Crippen LogP contribution < -0.4 is 4.74 Å². The van der Waals surface area contributed by atoms with Crippen molar-refractivity contribution in [3.8, 4) is 5.75 Å². The van der Waals surface area contributed by atoms with Crippen molar-refractivity contribution in [3.05, 3.63) is 50.1 Å². The summed E-state index contributed by atoms with van der Waals surface area (Å²) in [6, 6.07) is 6.27. The molecule has 0 saturated heterocycles. The highest BCUT2D eigenvalue weighted by Crippen LogP contribution is 2.36. The van der Waals surface area contributed by atoms with Crippen LogP contribution in [0.25, 0.3) is 0 Å². The molecule has 2 aromatic rings. The average Bonchev–Trinajstić information content (AvgIpc) is 3.20. The van der Waals surface area contributed by atoms with Crippen LogP contribution in [0.15, 0.2) is 29.6 Å². The average molecular weight is 449 g/mol. The maximum Gasteiger partial charge on any atom is 0.344 e. The first-order chi connectivity index (χ1) is 13.2. The van der Waals surface area contributed by atoms with Crippen LogP contribution in [0, 0.1) is 0 Å². The number of rotatable bonds is 9. The van der Waals surface area contributed by atoms with E-state index >= 15 is 0 Å². The van der Waals surface area contributed by atoms with Crippen LogP contribution in [-0.4, -0.2) is 58.6 Å². The van der Waals surface area contributed by atoms with Gasteiger partial charge in [-0.3, -0.25) is 4.79 Å². The van der Waals surface area contributed by atoms with E-state index in [-0.39, 0.29) is 27.1 Å². The third-order valence-electron chi connectivity index (χ3n) is 3.69. The number of esters is 1. The Balaban J connectivity index is 1.95. The number of halogens is 2. The van der Waals surface area contributed by atoms with E-state index in [0.717, 1.165) is 0 Å². The summed E-state index contributed by atoms with van der Waals surface area (Å²) in [5.41, 5.74) is 0.208. The van der Waals surface area contributed by atoms with Gasteiger partial charge in [-0.15, -0.1) is 11.3 Å². The molecule has 1 heterocycles. The fraction of sp³-hybridized carbons (Fsp3) is 0.333. The van der Waals surface area contributed by atoms with Crippen molar-refractivity contribution in [3.63, 3.8) is 0 Å². The summed E-state index contributed by atoms with van der Waals surface area (Å²) in [5, 5.41) is 29.9. The molecule has 0 aliphatic heterocycles. The highest BCUT2D eigenvalue weighted by Gasteiger charge is 2.23. The molecular weight excluding hydrogens is 431 g/mol. The van der Waals surface area contributed by atoms with E-state index in [0.29, 0.717) is 4.88 Å². The van der Waals surface area contributed by atoms with Crippen LogP contribution in [0.1, 0.15) is 22.2 Å². The Morgan fingerprint density at radius 1 is 1.14 bits per heavy atom. The highest BCUT2D eigenvalue weighted by molar-refractivity contribution is 7.12. The Morgan fingerprint density at radius 3 is 2.46 bits per heavy atom. The second-order valence-electron chi connectivity index (χ2n) is 5.82. The van der Waals surface area contributed by atoms with Gasteiger partial charge in [0.15, 0.2) is 6.61 Å². The van der Waals surface area contributed by atoms with Crippen molar-refractivity contribution >= 4 is 46.3 Å². The predicted octanol–water partition coefficient (Wildman–Crippen LogP) is 2.31. The molecule has 28 heavy (non-hydrogen) atoms. The molecule has 0 saturated carbocycles. The molecule has 3 atom stereocenters. The molecule has 3 N–H and O–H groups in total. The SMILES string of the molecule is C[C@H](O)[C@H](O)[C@H](O)COC(=O)COc1ccc(C(=O)c2cccs2)c(Cl)c1Cl. The van der Waals surface area contributed by atoms with Gasteiger partial charge in [-0.25, -0.2) is 4.79 Å². The molecule has 0 bridgehead atoms. The molecule has 0 spiro atoms. The minimum Gasteiger partial charge on any atom is -0.480 e. The second-order valence-corrected chi connectivity index (χ2v) is 7.52. The molecule has 2 rings (SSSR count). The third-order valence-corrected chi connectivity index (χ3v) is 5.42. The number of hydrogen-bond acceptors (Lipinski definition) is 8. The zero-order valence-electron chi connectivity index (χ0n) is 14.7. The standard InChI is InChI=1S/C18H18Cl2O7S/c1-9(21)17(24)11(22)7-27-14(23)8-26-12-5-4-10(15(19)16(12)20)18(25)13-3-2-6-28-13/h2-6,9,11,17,21-22,24H,7-8H2,1H3/t9-,11+,17-/m0/s1. The lowest BCUT2D eigenvalue weighted by Crippen LogP contribution is -2.39. The number of benzene rings is 1. The maximum atomic E-state index is 12.4. The lowest BCUT2D eigenvalue weighted by Gasteiger charge is -2.19. The molecule has 0 aliphatic rings. The molecule has 10 heteroatoms. The van der Waals surface area contributed by atoms with Gasteiger partial charge in [0.1, 0.15) is 29.6 Å². The summed E-state index contributed by atoms with van der Waals surface area (Å²) in [5.74, 6) is -1.03. The van der Waals surface area contributed by atoms with Gasteiger partial charge in [0.2, 0.25) is 5.78 Å². The van der Waals surface area contributed by atoms with Gasteiger partial charge in [-0.1, -0.05) is 29.3 Å². The van der Waals surface area contributed by atoms with Gasteiger partial charge >= 0.3 is 5.97 Å². The first kappa shape index (κ1) is 22.6. The summed E-state index contributed by atoms with van der Waals surface area (Å²) >= 11 is 13.6. The van der Waals surface area contributed by atoms with Gasteiger partial charge in [-0.05, 0) is 30.5 Å². The molecule has 0 unspecified atom stereocenters. The number of hydrogen-bond donors (Lipinski definition) is 3. The van der Waals surface area contributed by atoms with E-state index in [2.05, 4.69) is 0 Å². The first-order valence-corrected chi connectivity index (χ1v) is 9.74. The quantitative estimate of drug-likeness (QED) is 0.398. The molecule has 1 aromatic heterocycles. The van der Waals surface area contributed by atoms with Gasteiger partial charge in [0.25, 0.3) is 0 Å². The third kappa shape index (κ3) is 5.66. The number of ketones is 1. The van der Waals surface area contributed by atoms with Crippen molar-refractivity contribution in [2.24, 2.45) is 0 Å². The van der Waals surface area contributed by atoms with Crippen LogP contribution in [0.2, 0.25) is 10.0 Å². The fourth-order valence-electron chi connectivity index (χ4n) is 2.14. The normalized spacial score (nSPS) is 14.2. The number of aliphatic hydroxyl groups is 3. The number of carbonyl (C=O) groups excluding carboxylic acids is 2. The number of ether oxygens (including phenoxy) is 2. The van der Waals surface area contributed by atoms with Crippen molar-refractivity contribution in [1.82, 2.24) is 0 Å². The van der Waals surface area contributed by atoms with E-state index in [4.69, 9.17) is 37.8 Å². The van der Waals surface area contributed by atoms with Crippen LogP contribution >= 0.6 is 34.5 Å². The first-order valence-electron chi connectivity index (χ1n) is 8.11. The van der Waals surface area contributed by atoms with Crippen LogP contribution in [0.5, 0.6) is 5.75 Å². The van der Waals surface area contributed by atoms with E-state index in [1.54, 1.807) is 17.5 Å². The van der Waals surface area contributed by atoms with E-state index in [1.807, 2.05) is 0 Å². The van der Waals surface area contributed by atoms with Gasteiger partial charge in [0, 0.05) is 5.56 Å². The van der Waals surface area contributed by atoms with Crippen LogP contribution in [0.3, 0.4) is 0 Å². The Labute approximate surface area is 175 Å². The molecule has 0 fully saturated rings. The van der Waals surface area contributed by atoms with E-state index in [9.17, 15) is 19.8 Å². The second kappa shape index (κ2) is 10.2. The number of carbonyl (C=O) groups is 2. The lowest BCUT2D eigenvalue weighted by molar-refractivity contribution is -0.153. The Bertz CT molecular complexity index is 824. The zero-order chi connectivity index (χ0) is 20.8. The van der Waals surface area contributed by atoms with Crippen molar-refractivity contribution < 1.29 is 34.4 Å². The highest BCUT2D eigenvalue weighted by atomic mass is 35.5. The topological polar surface area (TPSA) is 113 Å². The Kier molecular flexibility index (Phi) is 8.23. The Morgan fingerprint density at radius 2 is 1.86 bits per heavy atom. The summed E-state index contributed by atoms with van der Waals surface area (Å²) in [7, 11) is 0. The molecule has 0 amide bonds. The molecule has 1 aromatic carbocycles. The maximum absolute atomic E-state index is 12.4. The largest absolute Gasteiger partial charge is 0.480 e.